The van der Waals surface area contributed by atoms with Crippen molar-refractivity contribution in [3.63, 3.8) is 0 Å². The van der Waals surface area contributed by atoms with Gasteiger partial charge in [-0.25, -0.2) is 0 Å². The summed E-state index contributed by atoms with van der Waals surface area (Å²) in [5.74, 6) is -0.899. The number of aromatic nitrogens is 2. The average Bonchev–Trinajstić information content (AvgIpc) is 3.38. The topological polar surface area (TPSA) is 125 Å². The van der Waals surface area contributed by atoms with Gasteiger partial charge in [0.2, 0.25) is 17.7 Å². The van der Waals surface area contributed by atoms with Crippen LogP contribution in [-0.2, 0) is 14.4 Å². The molecule has 1 aromatic carbocycles. The highest BCUT2D eigenvalue weighted by Crippen LogP contribution is 2.32. The van der Waals surface area contributed by atoms with E-state index in [0.29, 0.717) is 10.7 Å². The van der Waals surface area contributed by atoms with Crippen molar-refractivity contribution >= 4 is 46.0 Å². The van der Waals surface area contributed by atoms with Crippen LogP contribution in [0.5, 0.6) is 0 Å². The monoisotopic (exact) mass is 546 g/mol. The van der Waals surface area contributed by atoms with E-state index in [-0.39, 0.29) is 23.6 Å². The number of likely N-dealkylation sites (N-methyl/N-ethyl adjacent to an activating group) is 1. The van der Waals surface area contributed by atoms with Gasteiger partial charge in [-0.2, -0.15) is 11.8 Å². The first-order valence-electron chi connectivity index (χ1n) is 12.7. The standard InChI is InChI=1S/C26H38N6O3S2/c1-16(27-4)22(33)28-19(17-12-8-6-9-13-17)23(34)29-21(26(2,3)36-5)24(35)30-25-20(31-32-37-25)18-14-10-7-11-15-18/h7,10-11,14-17,19,21,27H,6,8-9,12-13H2,1-5H3,(H,28,33)(H,29,34)(H,30,35)/t16-,19-,21+/m0/s1. The predicted octanol–water partition coefficient (Wildman–Crippen LogP) is 3.44. The molecule has 0 saturated heterocycles. The van der Waals surface area contributed by atoms with Crippen molar-refractivity contribution in [3.8, 4) is 11.3 Å². The molecule has 3 atom stereocenters. The summed E-state index contributed by atoms with van der Waals surface area (Å²) in [4.78, 5) is 40.1. The molecule has 1 heterocycles. The van der Waals surface area contributed by atoms with Crippen LogP contribution in [0.25, 0.3) is 11.3 Å². The number of hydrogen-bond donors (Lipinski definition) is 4. The number of benzene rings is 1. The Balaban J connectivity index is 1.83. The van der Waals surface area contributed by atoms with Crippen LogP contribution < -0.4 is 21.3 Å². The normalized spacial score (nSPS) is 16.9. The van der Waals surface area contributed by atoms with Crippen LogP contribution in [0.3, 0.4) is 0 Å². The van der Waals surface area contributed by atoms with Gasteiger partial charge in [0.05, 0.1) is 6.04 Å². The Morgan fingerprint density at radius 1 is 1.03 bits per heavy atom. The molecule has 37 heavy (non-hydrogen) atoms. The lowest BCUT2D eigenvalue weighted by atomic mass is 9.83. The highest BCUT2D eigenvalue weighted by molar-refractivity contribution is 8.00. The number of thioether (sulfide) groups is 1. The highest BCUT2D eigenvalue weighted by atomic mass is 32.2. The van der Waals surface area contributed by atoms with Crippen LogP contribution in [-0.4, -0.2) is 63.5 Å². The van der Waals surface area contributed by atoms with E-state index in [4.69, 9.17) is 0 Å². The second-order valence-corrected chi connectivity index (χ2v) is 12.2. The van der Waals surface area contributed by atoms with Crippen molar-refractivity contribution in [3.05, 3.63) is 30.3 Å². The van der Waals surface area contributed by atoms with Crippen molar-refractivity contribution in [2.45, 2.75) is 75.7 Å². The van der Waals surface area contributed by atoms with E-state index in [0.717, 1.165) is 49.2 Å². The van der Waals surface area contributed by atoms with Crippen LogP contribution in [0.2, 0.25) is 0 Å². The molecule has 0 radical (unpaired) electrons. The van der Waals surface area contributed by atoms with E-state index in [2.05, 4.69) is 30.9 Å². The lowest BCUT2D eigenvalue weighted by molar-refractivity contribution is -0.133. The van der Waals surface area contributed by atoms with Crippen molar-refractivity contribution in [2.75, 3.05) is 18.6 Å². The summed E-state index contributed by atoms with van der Waals surface area (Å²) in [6, 6.07) is 7.52. The SMILES string of the molecule is CN[C@@H](C)C(=O)N[C@H](C(=O)N[C@H](C(=O)Nc1snnc1-c1ccccc1)C(C)(C)SC)C1CCCCC1. The minimum atomic E-state index is -0.856. The fourth-order valence-corrected chi connectivity index (χ4v) is 5.42. The van der Waals surface area contributed by atoms with Gasteiger partial charge in [-0.15, -0.1) is 5.10 Å². The Morgan fingerprint density at radius 3 is 2.32 bits per heavy atom. The molecule has 11 heteroatoms. The van der Waals surface area contributed by atoms with Crippen LogP contribution >= 0.6 is 23.3 Å². The van der Waals surface area contributed by atoms with Crippen molar-refractivity contribution in [1.82, 2.24) is 25.5 Å². The third-order valence-corrected chi connectivity index (χ3v) is 9.00. The lowest BCUT2D eigenvalue weighted by Gasteiger charge is -2.36. The van der Waals surface area contributed by atoms with Crippen molar-refractivity contribution in [1.29, 1.82) is 0 Å². The van der Waals surface area contributed by atoms with Gasteiger partial charge in [0.1, 0.15) is 22.8 Å². The molecule has 3 rings (SSSR count). The molecule has 202 valence electrons. The molecular weight excluding hydrogens is 508 g/mol. The molecule has 1 fully saturated rings. The number of rotatable bonds is 11. The van der Waals surface area contributed by atoms with Gasteiger partial charge in [0, 0.05) is 21.8 Å². The second kappa shape index (κ2) is 13.3. The number of nitrogens with one attached hydrogen (secondary N) is 4. The number of carbonyl (C=O) groups is 3. The molecule has 0 spiro atoms. The minimum absolute atomic E-state index is 0.0261. The maximum Gasteiger partial charge on any atom is 0.249 e. The molecule has 4 N–H and O–H groups in total. The zero-order valence-electron chi connectivity index (χ0n) is 22.2. The molecule has 9 nitrogen and oxygen atoms in total. The Labute approximate surface area is 227 Å². The number of amides is 3. The summed E-state index contributed by atoms with van der Waals surface area (Å²) >= 11 is 2.58. The first-order chi connectivity index (χ1) is 17.7. The molecule has 0 aliphatic heterocycles. The van der Waals surface area contributed by atoms with Gasteiger partial charge < -0.3 is 21.3 Å². The number of carbonyl (C=O) groups excluding carboxylic acids is 3. The largest absolute Gasteiger partial charge is 0.343 e. The van der Waals surface area contributed by atoms with E-state index >= 15 is 0 Å². The molecule has 1 aliphatic carbocycles. The predicted molar refractivity (Wildman–Crippen MR) is 151 cm³/mol. The van der Waals surface area contributed by atoms with Gasteiger partial charge in [0.15, 0.2) is 0 Å². The minimum Gasteiger partial charge on any atom is -0.343 e. The molecule has 3 amide bonds. The van der Waals surface area contributed by atoms with Crippen molar-refractivity contribution in [2.24, 2.45) is 5.92 Å². The smallest absolute Gasteiger partial charge is 0.249 e. The lowest BCUT2D eigenvalue weighted by Crippen LogP contribution is -2.61. The summed E-state index contributed by atoms with van der Waals surface area (Å²) in [6.07, 6.45) is 6.80. The van der Waals surface area contributed by atoms with Gasteiger partial charge in [-0.3, -0.25) is 14.4 Å². The third kappa shape index (κ3) is 7.52. The van der Waals surface area contributed by atoms with E-state index in [1.165, 1.54) is 11.8 Å². The molecule has 2 aromatic rings. The van der Waals surface area contributed by atoms with E-state index in [9.17, 15) is 14.4 Å². The molecule has 1 aromatic heterocycles. The van der Waals surface area contributed by atoms with E-state index < -0.39 is 22.9 Å². The Morgan fingerprint density at radius 2 is 1.70 bits per heavy atom. The Bertz CT molecular complexity index is 1060. The maximum atomic E-state index is 13.7. The fraction of sp³-hybridized carbons (Fsp3) is 0.577. The maximum absolute atomic E-state index is 13.7. The van der Waals surface area contributed by atoms with Crippen LogP contribution in [0.4, 0.5) is 5.00 Å². The summed E-state index contributed by atoms with van der Waals surface area (Å²) < 4.78 is 3.41. The summed E-state index contributed by atoms with van der Waals surface area (Å²) in [6.45, 7) is 5.59. The zero-order valence-corrected chi connectivity index (χ0v) is 23.8. The van der Waals surface area contributed by atoms with E-state index in [1.807, 2.05) is 50.4 Å². The number of hydrogen-bond acceptors (Lipinski definition) is 8. The van der Waals surface area contributed by atoms with Crippen molar-refractivity contribution < 1.29 is 14.4 Å². The Kier molecular flexibility index (Phi) is 10.5. The molecular formula is C26H38N6O3S2. The van der Waals surface area contributed by atoms with E-state index in [1.54, 1.807) is 14.0 Å². The van der Waals surface area contributed by atoms with Gasteiger partial charge in [-0.1, -0.05) is 54.1 Å². The first-order valence-corrected chi connectivity index (χ1v) is 14.7. The van der Waals surface area contributed by atoms with Gasteiger partial charge in [0.25, 0.3) is 0 Å². The number of nitrogens with zero attached hydrogens (tertiary/aromatic N) is 2. The van der Waals surface area contributed by atoms with Gasteiger partial charge in [-0.05, 0) is 52.8 Å². The first kappa shape index (κ1) is 29.1. The molecule has 0 bridgehead atoms. The fourth-order valence-electron chi connectivity index (χ4n) is 4.42. The van der Waals surface area contributed by atoms with Crippen LogP contribution in [0.1, 0.15) is 52.9 Å². The zero-order chi connectivity index (χ0) is 27.0. The van der Waals surface area contributed by atoms with Crippen LogP contribution in [0, 0.1) is 5.92 Å². The number of anilines is 1. The summed E-state index contributed by atoms with van der Waals surface area (Å²) in [7, 11) is 1.71. The quantitative estimate of drug-likeness (QED) is 0.340. The molecule has 0 unspecified atom stereocenters. The molecule has 1 saturated carbocycles. The highest BCUT2D eigenvalue weighted by Gasteiger charge is 2.40. The third-order valence-electron chi connectivity index (χ3n) is 7.07. The average molecular weight is 547 g/mol. The van der Waals surface area contributed by atoms with Crippen LogP contribution in [0.15, 0.2) is 30.3 Å². The molecule has 1 aliphatic rings. The Hall–Kier alpha value is -2.50. The van der Waals surface area contributed by atoms with Gasteiger partial charge >= 0.3 is 0 Å². The second-order valence-electron chi connectivity index (χ2n) is 9.95. The summed E-state index contributed by atoms with van der Waals surface area (Å²) in [5, 5.41) is 16.5. The summed E-state index contributed by atoms with van der Waals surface area (Å²) in [5.41, 5.74) is 1.43.